The molecule has 2 aliphatic rings. The van der Waals surface area contributed by atoms with Crippen LogP contribution in [0.25, 0.3) is 11.3 Å². The zero-order valence-electron chi connectivity index (χ0n) is 22.3. The number of carbonyl (C=O) groups excluding carboxylic acids is 1. The van der Waals surface area contributed by atoms with E-state index in [-0.39, 0.29) is 31.2 Å². The van der Waals surface area contributed by atoms with Crippen LogP contribution in [0.4, 0.5) is 0 Å². The molecule has 1 saturated heterocycles. The molecule has 1 aromatic carbocycles. The Labute approximate surface area is 237 Å². The lowest BCUT2D eigenvalue weighted by Crippen LogP contribution is -2.54. The molecule has 3 N–H and O–H groups in total. The van der Waals surface area contributed by atoms with Crippen molar-refractivity contribution in [2.24, 2.45) is 0 Å². The van der Waals surface area contributed by atoms with Gasteiger partial charge in [-0.15, -0.1) is 11.3 Å². The highest BCUT2D eigenvalue weighted by Gasteiger charge is 2.42. The van der Waals surface area contributed by atoms with E-state index in [4.69, 9.17) is 9.72 Å². The predicted molar refractivity (Wildman–Crippen MR) is 153 cm³/mol. The maximum absolute atomic E-state index is 14.2. The van der Waals surface area contributed by atoms with Gasteiger partial charge in [0.1, 0.15) is 9.94 Å². The Morgan fingerprint density at radius 3 is 2.92 bits per heavy atom. The molecule has 2 fully saturated rings. The van der Waals surface area contributed by atoms with Gasteiger partial charge in [0.2, 0.25) is 0 Å². The van der Waals surface area contributed by atoms with Crippen LogP contribution in [0, 0.1) is 0 Å². The van der Waals surface area contributed by atoms with E-state index in [2.05, 4.69) is 10.3 Å². The van der Waals surface area contributed by atoms with Gasteiger partial charge in [0.15, 0.2) is 5.69 Å². The van der Waals surface area contributed by atoms with Crippen molar-refractivity contribution >= 4 is 29.0 Å². The molecule has 0 bridgehead atoms. The van der Waals surface area contributed by atoms with Crippen LogP contribution in [0.15, 0.2) is 46.4 Å². The lowest BCUT2D eigenvalue weighted by molar-refractivity contribution is -0.0893. The van der Waals surface area contributed by atoms with Gasteiger partial charge >= 0.3 is 0 Å². The molecule has 3 heterocycles. The van der Waals surface area contributed by atoms with Crippen molar-refractivity contribution in [2.75, 3.05) is 39.1 Å². The highest BCUT2D eigenvalue weighted by atomic mass is 32.2. The zero-order chi connectivity index (χ0) is 27.2. The number of aromatic nitrogens is 3. The minimum atomic E-state index is -1.02. The van der Waals surface area contributed by atoms with Gasteiger partial charge in [-0.1, -0.05) is 54.9 Å². The van der Waals surface area contributed by atoms with Crippen LogP contribution in [0.2, 0.25) is 0 Å². The first kappa shape index (κ1) is 28.3. The number of benzene rings is 1. The number of aliphatic hydroxyl groups excluding tert-OH is 1. The number of nitrogens with zero attached hydrogens (tertiary/aromatic N) is 4. The van der Waals surface area contributed by atoms with Crippen LogP contribution in [-0.4, -0.2) is 86.3 Å². The first-order chi connectivity index (χ1) is 19.0. The summed E-state index contributed by atoms with van der Waals surface area (Å²) in [6.45, 7) is 2.26. The number of piperazine rings is 1. The number of imidazole rings is 1. The summed E-state index contributed by atoms with van der Waals surface area (Å²) in [6.07, 6.45) is 5.95. The van der Waals surface area contributed by atoms with E-state index < -0.39 is 5.60 Å². The molecule has 3 aromatic rings. The number of hydrogen-bond donors (Lipinski definition) is 3. The smallest absolute Gasteiger partial charge is 0.275 e. The Kier molecular flexibility index (Phi) is 9.36. The summed E-state index contributed by atoms with van der Waals surface area (Å²) in [5.74, 6) is 0.743. The van der Waals surface area contributed by atoms with Gasteiger partial charge in [0.25, 0.3) is 5.91 Å². The van der Waals surface area contributed by atoms with Crippen molar-refractivity contribution in [3.05, 3.63) is 53.4 Å². The fraction of sp³-hybridized carbons (Fsp3) is 0.536. The number of amides is 1. The predicted octanol–water partition coefficient (Wildman–Crippen LogP) is 3.59. The van der Waals surface area contributed by atoms with Crippen LogP contribution in [0.1, 0.15) is 54.3 Å². The van der Waals surface area contributed by atoms with Gasteiger partial charge in [-0.25, -0.2) is 9.97 Å². The lowest BCUT2D eigenvalue weighted by Gasteiger charge is -2.41. The van der Waals surface area contributed by atoms with Crippen molar-refractivity contribution in [3.8, 4) is 11.3 Å². The SMILES string of the molecule is COC[C@]1(O)CCCC[C@H]1n1cnc(C(=O)N2CCNC[C@H]2CCSc2nc(CO)cs2)c1-c1ccccc1. The van der Waals surface area contributed by atoms with Gasteiger partial charge in [-0.05, 0) is 19.3 Å². The van der Waals surface area contributed by atoms with Crippen LogP contribution < -0.4 is 5.32 Å². The van der Waals surface area contributed by atoms with Gasteiger partial charge in [0.05, 0.1) is 37.0 Å². The molecule has 11 heteroatoms. The standard InChI is InChI=1S/C28H37N5O4S2/c1-37-18-28(36)11-6-5-9-23(28)33-19-30-24(25(33)20-7-3-2-4-8-20)26(35)32-13-12-29-15-22(32)10-14-38-27-31-21(16-34)17-39-27/h2-4,7-8,17,19,22-23,29,34,36H,5-6,9-16,18H2,1H3/t22-,23-,28-/m1/s1. The van der Waals surface area contributed by atoms with Gasteiger partial charge in [-0.2, -0.15) is 0 Å². The number of rotatable bonds is 10. The number of thiazole rings is 1. The second-order valence-corrected chi connectivity index (χ2v) is 12.5. The van der Waals surface area contributed by atoms with Crippen LogP contribution in [-0.2, 0) is 11.3 Å². The van der Waals surface area contributed by atoms with Crippen LogP contribution in [0.5, 0.6) is 0 Å². The summed E-state index contributed by atoms with van der Waals surface area (Å²) in [5.41, 5.74) is 1.77. The van der Waals surface area contributed by atoms with Crippen molar-refractivity contribution in [3.63, 3.8) is 0 Å². The highest BCUT2D eigenvalue weighted by molar-refractivity contribution is 8.01. The average molecular weight is 572 g/mol. The molecular formula is C28H37N5O4S2. The second kappa shape index (κ2) is 12.9. The van der Waals surface area contributed by atoms with Gasteiger partial charge in [0, 0.05) is 49.5 Å². The Morgan fingerprint density at radius 2 is 2.15 bits per heavy atom. The Hall–Kier alpha value is -2.28. The maximum Gasteiger partial charge on any atom is 0.275 e. The average Bonchev–Trinajstić information content (AvgIpc) is 3.61. The van der Waals surface area contributed by atoms with E-state index in [1.165, 1.54) is 11.3 Å². The molecule has 1 amide bonds. The van der Waals surface area contributed by atoms with Crippen molar-refractivity contribution in [2.45, 2.75) is 60.7 Å². The first-order valence-electron chi connectivity index (χ1n) is 13.6. The molecule has 1 saturated carbocycles. The van der Waals surface area contributed by atoms with E-state index in [0.29, 0.717) is 24.4 Å². The van der Waals surface area contributed by atoms with Crippen molar-refractivity contribution < 1.29 is 19.7 Å². The third-order valence-electron chi connectivity index (χ3n) is 7.71. The van der Waals surface area contributed by atoms with Crippen LogP contribution in [0.3, 0.4) is 0 Å². The minimum absolute atomic E-state index is 0.0323. The monoisotopic (exact) mass is 571 g/mol. The molecule has 1 aliphatic heterocycles. The van der Waals surface area contributed by atoms with E-state index in [9.17, 15) is 15.0 Å². The quantitative estimate of drug-likeness (QED) is 0.317. The number of hydrogen-bond acceptors (Lipinski definition) is 9. The largest absolute Gasteiger partial charge is 0.390 e. The number of nitrogens with one attached hydrogen (secondary N) is 1. The molecular weight excluding hydrogens is 534 g/mol. The summed E-state index contributed by atoms with van der Waals surface area (Å²) in [5, 5.41) is 26.2. The molecule has 9 nitrogen and oxygen atoms in total. The highest BCUT2D eigenvalue weighted by Crippen LogP contribution is 2.41. The normalized spacial score (nSPS) is 23.7. The summed E-state index contributed by atoms with van der Waals surface area (Å²) < 4.78 is 8.39. The van der Waals surface area contributed by atoms with Crippen molar-refractivity contribution in [1.29, 1.82) is 0 Å². The summed E-state index contributed by atoms with van der Waals surface area (Å²) in [4.78, 5) is 25.2. The maximum atomic E-state index is 14.2. The van der Waals surface area contributed by atoms with Crippen molar-refractivity contribution in [1.82, 2.24) is 24.8 Å². The molecule has 39 heavy (non-hydrogen) atoms. The van der Waals surface area contributed by atoms with E-state index in [1.807, 2.05) is 45.2 Å². The minimum Gasteiger partial charge on any atom is -0.390 e. The zero-order valence-corrected chi connectivity index (χ0v) is 23.9. The topological polar surface area (TPSA) is 113 Å². The number of aliphatic hydroxyl groups is 2. The van der Waals surface area contributed by atoms with E-state index >= 15 is 0 Å². The number of ether oxygens (including phenoxy) is 1. The third kappa shape index (κ3) is 6.23. The van der Waals surface area contributed by atoms with E-state index in [0.717, 1.165) is 60.1 Å². The number of thioether (sulfide) groups is 1. The second-order valence-electron chi connectivity index (χ2n) is 10.3. The molecule has 0 spiro atoms. The Morgan fingerprint density at radius 1 is 1.31 bits per heavy atom. The lowest BCUT2D eigenvalue weighted by atomic mass is 9.80. The van der Waals surface area contributed by atoms with Gasteiger partial charge in [-0.3, -0.25) is 4.79 Å². The molecule has 5 rings (SSSR count). The Bertz CT molecular complexity index is 1230. The Balaban J connectivity index is 1.41. The summed E-state index contributed by atoms with van der Waals surface area (Å²) >= 11 is 3.20. The van der Waals surface area contributed by atoms with Crippen LogP contribution >= 0.6 is 23.1 Å². The number of methoxy groups -OCH3 is 1. The summed E-state index contributed by atoms with van der Waals surface area (Å²) in [7, 11) is 1.62. The fourth-order valence-corrected chi connectivity index (χ4v) is 7.73. The molecule has 210 valence electrons. The van der Waals surface area contributed by atoms with Gasteiger partial charge < -0.3 is 29.7 Å². The third-order valence-corrected chi connectivity index (χ3v) is 9.81. The molecule has 0 radical (unpaired) electrons. The molecule has 1 aliphatic carbocycles. The molecule has 0 unspecified atom stereocenters. The molecule has 2 aromatic heterocycles. The summed E-state index contributed by atoms with van der Waals surface area (Å²) in [6, 6.07) is 9.71. The first-order valence-corrected chi connectivity index (χ1v) is 15.4. The molecule has 3 atom stereocenters. The van der Waals surface area contributed by atoms with E-state index in [1.54, 1.807) is 25.2 Å². The number of carbonyl (C=O) groups is 1. The fourth-order valence-electron chi connectivity index (χ4n) is 5.79.